The Labute approximate surface area is 117 Å². The van der Waals surface area contributed by atoms with Crippen molar-refractivity contribution in [2.75, 3.05) is 19.3 Å². The van der Waals surface area contributed by atoms with Crippen LogP contribution < -0.4 is 10.0 Å². The number of hydrogen-bond acceptors (Lipinski definition) is 4. The smallest absolute Gasteiger partial charge is 0.317 e. The molecule has 2 saturated heterocycles. The van der Waals surface area contributed by atoms with Gasteiger partial charge in [0.05, 0.1) is 12.2 Å². The van der Waals surface area contributed by atoms with E-state index in [1.165, 1.54) is 0 Å². The highest BCUT2D eigenvalue weighted by molar-refractivity contribution is 7.88. The fourth-order valence-corrected chi connectivity index (χ4v) is 3.54. The number of urea groups is 1. The maximum absolute atomic E-state index is 12.0. The van der Waals surface area contributed by atoms with E-state index in [0.29, 0.717) is 6.42 Å². The van der Waals surface area contributed by atoms with E-state index in [9.17, 15) is 18.0 Å². The fraction of sp³-hybridized carbons (Fsp3) is 0.818. The second-order valence-corrected chi connectivity index (χ2v) is 7.12. The highest BCUT2D eigenvalue weighted by Gasteiger charge is 2.51. The highest BCUT2D eigenvalue weighted by atomic mass is 32.2. The number of carboxylic acids is 1. The maximum Gasteiger partial charge on any atom is 0.317 e. The largest absolute Gasteiger partial charge is 0.481 e. The molecule has 0 aromatic rings. The van der Waals surface area contributed by atoms with Crippen LogP contribution in [-0.4, -0.2) is 61.9 Å². The highest BCUT2D eigenvalue weighted by Crippen LogP contribution is 2.41. The van der Waals surface area contributed by atoms with Crippen molar-refractivity contribution in [1.29, 1.82) is 0 Å². The quantitative estimate of drug-likeness (QED) is 0.574. The van der Waals surface area contributed by atoms with Gasteiger partial charge in [0.2, 0.25) is 10.0 Å². The summed E-state index contributed by atoms with van der Waals surface area (Å²) in [6.45, 7) is 0.301. The summed E-state index contributed by atoms with van der Waals surface area (Å²) < 4.78 is 24.0. The van der Waals surface area contributed by atoms with Crippen molar-refractivity contribution in [3.63, 3.8) is 0 Å². The van der Waals surface area contributed by atoms with Crippen molar-refractivity contribution in [3.8, 4) is 0 Å². The Morgan fingerprint density at radius 3 is 2.55 bits per heavy atom. The molecule has 0 aromatic carbocycles. The van der Waals surface area contributed by atoms with Gasteiger partial charge in [-0.1, -0.05) is 0 Å². The van der Waals surface area contributed by atoms with Gasteiger partial charge in [-0.15, -0.1) is 0 Å². The van der Waals surface area contributed by atoms with E-state index in [1.54, 1.807) is 4.90 Å². The van der Waals surface area contributed by atoms with Crippen LogP contribution in [0.25, 0.3) is 0 Å². The Bertz CT molecular complexity index is 506. The Morgan fingerprint density at radius 2 is 2.00 bits per heavy atom. The lowest BCUT2D eigenvalue weighted by molar-refractivity contribution is -0.142. The first-order valence-corrected chi connectivity index (χ1v) is 8.42. The number of nitrogens with zero attached hydrogens (tertiary/aromatic N) is 1. The molecule has 2 heterocycles. The summed E-state index contributed by atoms with van der Waals surface area (Å²) in [5.41, 5.74) is 0. The summed E-state index contributed by atoms with van der Waals surface area (Å²) >= 11 is 0. The van der Waals surface area contributed by atoms with Crippen LogP contribution in [0.2, 0.25) is 0 Å². The van der Waals surface area contributed by atoms with Gasteiger partial charge in [-0.3, -0.25) is 4.79 Å². The Balaban J connectivity index is 1.83. The third-order valence-electron chi connectivity index (χ3n) is 3.85. The molecular weight excluding hydrogens is 286 g/mol. The standard InChI is InChI=1S/C11H19N3O5S/c1-20(18,19)13-5-4-12-11(17)14-7-2-3-9(14)8(6-7)10(15)16/h7-9,13H,2-6H2,1H3,(H,12,17)(H,15,16). The molecule has 0 radical (unpaired) electrons. The zero-order valence-corrected chi connectivity index (χ0v) is 12.0. The lowest BCUT2D eigenvalue weighted by atomic mass is 9.89. The predicted molar refractivity (Wildman–Crippen MR) is 70.6 cm³/mol. The summed E-state index contributed by atoms with van der Waals surface area (Å²) in [5, 5.41) is 11.7. The first-order valence-electron chi connectivity index (χ1n) is 6.53. The van der Waals surface area contributed by atoms with Crippen molar-refractivity contribution < 1.29 is 23.1 Å². The summed E-state index contributed by atoms with van der Waals surface area (Å²) in [6, 6.07) is -0.555. The molecule has 20 heavy (non-hydrogen) atoms. The number of amides is 2. The summed E-state index contributed by atoms with van der Waals surface area (Å²) in [4.78, 5) is 24.7. The Morgan fingerprint density at radius 1 is 1.30 bits per heavy atom. The third-order valence-corrected chi connectivity index (χ3v) is 4.58. The molecule has 0 aliphatic carbocycles. The van der Waals surface area contributed by atoms with Gasteiger partial charge in [-0.05, 0) is 19.3 Å². The van der Waals surface area contributed by atoms with Gasteiger partial charge in [-0.25, -0.2) is 17.9 Å². The second-order valence-electron chi connectivity index (χ2n) is 5.28. The van der Waals surface area contributed by atoms with E-state index in [2.05, 4.69) is 10.0 Å². The molecule has 0 spiro atoms. The minimum absolute atomic E-state index is 0.0102. The summed E-state index contributed by atoms with van der Waals surface area (Å²) in [5.74, 6) is -1.33. The number of carboxylic acid groups (broad SMARTS) is 1. The summed E-state index contributed by atoms with van der Waals surface area (Å²) in [6.07, 6.45) is 3.11. The van der Waals surface area contributed by atoms with Crippen molar-refractivity contribution >= 4 is 22.0 Å². The van der Waals surface area contributed by atoms with E-state index in [-0.39, 0.29) is 31.2 Å². The first-order chi connectivity index (χ1) is 9.29. The topological polar surface area (TPSA) is 116 Å². The van der Waals surface area contributed by atoms with Gasteiger partial charge in [0.1, 0.15) is 0 Å². The normalized spacial score (nSPS) is 28.6. The van der Waals surface area contributed by atoms with Gasteiger partial charge in [0, 0.05) is 25.2 Å². The van der Waals surface area contributed by atoms with E-state index < -0.39 is 21.9 Å². The lowest BCUT2D eigenvalue weighted by Crippen LogP contribution is -2.46. The zero-order valence-electron chi connectivity index (χ0n) is 11.2. The molecule has 9 heteroatoms. The number of carbonyl (C=O) groups is 2. The van der Waals surface area contributed by atoms with Crippen LogP contribution >= 0.6 is 0 Å². The van der Waals surface area contributed by atoms with Crippen molar-refractivity contribution in [2.24, 2.45) is 5.92 Å². The molecule has 0 aromatic heterocycles. The first kappa shape index (κ1) is 15.0. The molecule has 2 bridgehead atoms. The van der Waals surface area contributed by atoms with Gasteiger partial charge in [0.15, 0.2) is 0 Å². The van der Waals surface area contributed by atoms with Crippen LogP contribution in [0.5, 0.6) is 0 Å². The molecule has 2 aliphatic rings. The molecule has 2 fully saturated rings. The molecule has 3 N–H and O–H groups in total. The fourth-order valence-electron chi connectivity index (χ4n) is 3.07. The van der Waals surface area contributed by atoms with Gasteiger partial charge in [0.25, 0.3) is 0 Å². The van der Waals surface area contributed by atoms with Gasteiger partial charge >= 0.3 is 12.0 Å². The van der Waals surface area contributed by atoms with E-state index in [0.717, 1.165) is 19.1 Å². The molecule has 114 valence electrons. The number of carbonyl (C=O) groups excluding carboxylic acids is 1. The molecule has 2 amide bonds. The number of sulfonamides is 1. The van der Waals surface area contributed by atoms with E-state index in [1.807, 2.05) is 0 Å². The van der Waals surface area contributed by atoms with Crippen LogP contribution in [-0.2, 0) is 14.8 Å². The number of fused-ring (bicyclic) bond motifs is 2. The van der Waals surface area contributed by atoms with Crippen LogP contribution in [0, 0.1) is 5.92 Å². The minimum atomic E-state index is -3.26. The number of aliphatic carboxylic acids is 1. The molecular formula is C11H19N3O5S. The molecule has 3 unspecified atom stereocenters. The van der Waals surface area contributed by atoms with Crippen LogP contribution in [0.15, 0.2) is 0 Å². The van der Waals surface area contributed by atoms with E-state index in [4.69, 9.17) is 5.11 Å². The Hall–Kier alpha value is -1.35. The Kier molecular flexibility index (Phi) is 4.19. The van der Waals surface area contributed by atoms with Crippen LogP contribution in [0.3, 0.4) is 0 Å². The monoisotopic (exact) mass is 305 g/mol. The minimum Gasteiger partial charge on any atom is -0.481 e. The number of rotatable bonds is 5. The van der Waals surface area contributed by atoms with Crippen molar-refractivity contribution in [3.05, 3.63) is 0 Å². The SMILES string of the molecule is CS(=O)(=O)NCCNC(=O)N1C2CCC1C(C(=O)O)C2. The van der Waals surface area contributed by atoms with Crippen LogP contribution in [0.1, 0.15) is 19.3 Å². The van der Waals surface area contributed by atoms with E-state index >= 15 is 0 Å². The predicted octanol–water partition coefficient (Wildman–Crippen LogP) is -0.817. The molecule has 0 saturated carbocycles. The van der Waals surface area contributed by atoms with Crippen molar-refractivity contribution in [2.45, 2.75) is 31.3 Å². The summed E-state index contributed by atoms with van der Waals surface area (Å²) in [7, 11) is -3.26. The average Bonchev–Trinajstić information content (AvgIpc) is 2.90. The number of hydrogen-bond donors (Lipinski definition) is 3. The number of nitrogens with one attached hydrogen (secondary N) is 2. The molecule has 3 atom stereocenters. The third kappa shape index (κ3) is 3.21. The molecule has 2 rings (SSSR count). The molecule has 2 aliphatic heterocycles. The maximum atomic E-state index is 12.0. The van der Waals surface area contributed by atoms with Gasteiger partial charge in [-0.2, -0.15) is 0 Å². The second kappa shape index (κ2) is 5.57. The lowest BCUT2D eigenvalue weighted by Gasteiger charge is -2.23. The zero-order chi connectivity index (χ0) is 14.9. The van der Waals surface area contributed by atoms with Crippen LogP contribution in [0.4, 0.5) is 4.79 Å². The molecule has 8 nitrogen and oxygen atoms in total. The van der Waals surface area contributed by atoms with Crippen molar-refractivity contribution in [1.82, 2.24) is 14.9 Å². The van der Waals surface area contributed by atoms with Gasteiger partial charge < -0.3 is 15.3 Å². The average molecular weight is 305 g/mol.